The summed E-state index contributed by atoms with van der Waals surface area (Å²) in [6.45, 7) is 5.11. The Morgan fingerprint density at radius 3 is 2.31 bits per heavy atom. The topological polar surface area (TPSA) is 91.0 Å². The van der Waals surface area contributed by atoms with Crippen LogP contribution in [0.5, 0.6) is 0 Å². The zero-order valence-corrected chi connectivity index (χ0v) is 19.5. The predicted octanol–water partition coefficient (Wildman–Crippen LogP) is 1.33. The van der Waals surface area contributed by atoms with E-state index in [1.54, 1.807) is 0 Å². The highest BCUT2D eigenvalue weighted by Gasteiger charge is 2.22. The fraction of sp³-hybridized carbons (Fsp3) is 0.435. The van der Waals surface area contributed by atoms with Gasteiger partial charge in [-0.05, 0) is 36.9 Å². The molecule has 9 heteroatoms. The van der Waals surface area contributed by atoms with Gasteiger partial charge in [0.1, 0.15) is 0 Å². The van der Waals surface area contributed by atoms with Crippen molar-refractivity contribution >= 4 is 15.9 Å². The van der Waals surface area contributed by atoms with E-state index in [9.17, 15) is 13.2 Å². The first kappa shape index (κ1) is 24.3. The van der Waals surface area contributed by atoms with Gasteiger partial charge in [0.15, 0.2) is 0 Å². The lowest BCUT2D eigenvalue weighted by Crippen LogP contribution is -2.47. The molecule has 0 saturated carbocycles. The number of nitrogens with one attached hydrogen (secondary N) is 2. The summed E-state index contributed by atoms with van der Waals surface area (Å²) in [7, 11) is -0.0132. The van der Waals surface area contributed by atoms with Crippen molar-refractivity contribution in [2.24, 2.45) is 0 Å². The van der Waals surface area contributed by atoms with Crippen molar-refractivity contribution in [2.45, 2.75) is 10.9 Å². The van der Waals surface area contributed by atoms with E-state index in [1.807, 2.05) is 30.3 Å². The molecule has 8 nitrogen and oxygen atoms in total. The van der Waals surface area contributed by atoms with E-state index in [4.69, 9.17) is 4.74 Å². The van der Waals surface area contributed by atoms with E-state index in [1.165, 1.54) is 31.4 Å². The standard InChI is InChI=1S/C23H32N4O4S/c1-26-13-15-27(16-14-26)18-22(19-6-4-3-5-7-19)25-23(28)20-8-10-21(11-9-20)32(29,30)24-12-17-31-2/h3-11,22,24H,12-18H2,1-2H3,(H,25,28). The second-order valence-corrected chi connectivity index (χ2v) is 9.72. The minimum atomic E-state index is -3.64. The van der Waals surface area contributed by atoms with E-state index >= 15 is 0 Å². The van der Waals surface area contributed by atoms with Gasteiger partial charge in [-0.3, -0.25) is 9.69 Å². The van der Waals surface area contributed by atoms with Crippen molar-refractivity contribution in [1.29, 1.82) is 0 Å². The number of methoxy groups -OCH3 is 1. The van der Waals surface area contributed by atoms with Crippen LogP contribution in [0.3, 0.4) is 0 Å². The summed E-state index contributed by atoms with van der Waals surface area (Å²) in [6, 6.07) is 15.7. The number of hydrogen-bond acceptors (Lipinski definition) is 6. The SMILES string of the molecule is COCCNS(=O)(=O)c1ccc(C(=O)NC(CN2CCN(C)CC2)c2ccccc2)cc1. The Kier molecular flexibility index (Phi) is 8.77. The van der Waals surface area contributed by atoms with Crippen LogP contribution in [0, 0.1) is 0 Å². The number of hydrogen-bond donors (Lipinski definition) is 2. The summed E-state index contributed by atoms with van der Waals surface area (Å²) in [6.07, 6.45) is 0. The molecule has 1 saturated heterocycles. The average Bonchev–Trinajstić information content (AvgIpc) is 2.81. The first-order chi connectivity index (χ1) is 15.4. The summed E-state index contributed by atoms with van der Waals surface area (Å²) in [4.78, 5) is 17.7. The van der Waals surface area contributed by atoms with Gasteiger partial charge in [-0.25, -0.2) is 13.1 Å². The number of benzene rings is 2. The van der Waals surface area contributed by atoms with E-state index in [0.717, 1.165) is 38.3 Å². The number of carbonyl (C=O) groups excluding carboxylic acids is 1. The highest BCUT2D eigenvalue weighted by atomic mass is 32.2. The molecule has 2 aromatic carbocycles. The smallest absolute Gasteiger partial charge is 0.251 e. The van der Waals surface area contributed by atoms with Gasteiger partial charge >= 0.3 is 0 Å². The van der Waals surface area contributed by atoms with Crippen LogP contribution in [0.2, 0.25) is 0 Å². The lowest BCUT2D eigenvalue weighted by Gasteiger charge is -2.35. The third-order valence-electron chi connectivity index (χ3n) is 5.57. The molecule has 0 aromatic heterocycles. The summed E-state index contributed by atoms with van der Waals surface area (Å²) < 4.78 is 32.0. The lowest BCUT2D eigenvalue weighted by atomic mass is 10.0. The number of rotatable bonds is 10. The highest BCUT2D eigenvalue weighted by Crippen LogP contribution is 2.17. The summed E-state index contributed by atoms with van der Waals surface area (Å²) in [5, 5.41) is 3.13. The average molecular weight is 461 g/mol. The minimum Gasteiger partial charge on any atom is -0.383 e. The predicted molar refractivity (Wildman–Crippen MR) is 124 cm³/mol. The summed E-state index contributed by atoms with van der Waals surface area (Å²) in [5.74, 6) is -0.232. The van der Waals surface area contributed by atoms with Crippen LogP contribution in [-0.4, -0.2) is 84.2 Å². The second-order valence-electron chi connectivity index (χ2n) is 7.96. The largest absolute Gasteiger partial charge is 0.383 e. The number of carbonyl (C=O) groups is 1. The number of nitrogens with zero attached hydrogens (tertiary/aromatic N) is 2. The molecule has 2 aromatic rings. The molecule has 0 radical (unpaired) electrons. The molecule has 1 amide bonds. The van der Waals surface area contributed by atoms with Gasteiger partial charge in [0.05, 0.1) is 17.5 Å². The molecular formula is C23H32N4O4S. The number of sulfonamides is 1. The van der Waals surface area contributed by atoms with Gasteiger partial charge in [-0.15, -0.1) is 0 Å². The molecule has 1 unspecified atom stereocenters. The molecule has 1 heterocycles. The zero-order valence-electron chi connectivity index (χ0n) is 18.7. The number of amides is 1. The Hall–Kier alpha value is -2.30. The van der Waals surface area contributed by atoms with Crippen LogP contribution in [-0.2, 0) is 14.8 Å². The summed E-state index contributed by atoms with van der Waals surface area (Å²) in [5.41, 5.74) is 1.46. The van der Waals surface area contributed by atoms with E-state index < -0.39 is 10.0 Å². The van der Waals surface area contributed by atoms with Crippen molar-refractivity contribution in [1.82, 2.24) is 19.8 Å². The maximum absolute atomic E-state index is 13.0. The van der Waals surface area contributed by atoms with Crippen molar-refractivity contribution in [3.8, 4) is 0 Å². The fourth-order valence-corrected chi connectivity index (χ4v) is 4.61. The quantitative estimate of drug-likeness (QED) is 0.520. The van der Waals surface area contributed by atoms with Gasteiger partial charge in [-0.1, -0.05) is 30.3 Å². The van der Waals surface area contributed by atoms with Crippen LogP contribution in [0.25, 0.3) is 0 Å². The van der Waals surface area contributed by atoms with Crippen LogP contribution < -0.4 is 10.0 Å². The molecule has 2 N–H and O–H groups in total. The Morgan fingerprint density at radius 2 is 1.69 bits per heavy atom. The Balaban J connectivity index is 1.69. The van der Waals surface area contributed by atoms with Gasteiger partial charge in [0.2, 0.25) is 10.0 Å². The molecule has 0 aliphatic carbocycles. The third kappa shape index (κ3) is 6.85. The molecule has 1 fully saturated rings. The van der Waals surface area contributed by atoms with Crippen molar-refractivity contribution in [2.75, 3.05) is 60.0 Å². The van der Waals surface area contributed by atoms with E-state index in [0.29, 0.717) is 5.56 Å². The van der Waals surface area contributed by atoms with Gasteiger partial charge in [-0.2, -0.15) is 0 Å². The molecule has 174 valence electrons. The van der Waals surface area contributed by atoms with Crippen molar-refractivity contribution in [3.05, 3.63) is 65.7 Å². The number of piperazine rings is 1. The molecule has 1 aliphatic rings. The Bertz CT molecular complexity index is 959. The maximum atomic E-state index is 13.0. The minimum absolute atomic E-state index is 0.113. The molecule has 32 heavy (non-hydrogen) atoms. The Labute approximate surface area is 190 Å². The molecule has 1 atom stereocenters. The van der Waals surface area contributed by atoms with E-state index in [-0.39, 0.29) is 30.0 Å². The fourth-order valence-electron chi connectivity index (χ4n) is 3.60. The second kappa shape index (κ2) is 11.5. The van der Waals surface area contributed by atoms with Crippen molar-refractivity contribution in [3.63, 3.8) is 0 Å². The summed E-state index contributed by atoms with van der Waals surface area (Å²) >= 11 is 0. The van der Waals surface area contributed by atoms with Gasteiger partial charge < -0.3 is 15.0 Å². The zero-order chi connectivity index (χ0) is 23.0. The van der Waals surface area contributed by atoms with Crippen LogP contribution in [0.1, 0.15) is 22.0 Å². The van der Waals surface area contributed by atoms with Crippen LogP contribution in [0.15, 0.2) is 59.5 Å². The third-order valence-corrected chi connectivity index (χ3v) is 7.05. The molecule has 1 aliphatic heterocycles. The Morgan fingerprint density at radius 1 is 1.03 bits per heavy atom. The first-order valence-electron chi connectivity index (χ1n) is 10.7. The van der Waals surface area contributed by atoms with Gasteiger partial charge in [0.25, 0.3) is 5.91 Å². The van der Waals surface area contributed by atoms with Gasteiger partial charge in [0, 0.05) is 51.9 Å². The highest BCUT2D eigenvalue weighted by molar-refractivity contribution is 7.89. The number of likely N-dealkylation sites (N-methyl/N-ethyl adjacent to an activating group) is 1. The molecular weight excluding hydrogens is 428 g/mol. The first-order valence-corrected chi connectivity index (χ1v) is 12.2. The normalized spacial score (nSPS) is 16.6. The molecule has 0 spiro atoms. The molecule has 0 bridgehead atoms. The lowest BCUT2D eigenvalue weighted by molar-refractivity contribution is 0.0907. The number of ether oxygens (including phenoxy) is 1. The van der Waals surface area contributed by atoms with Crippen LogP contribution >= 0.6 is 0 Å². The monoisotopic (exact) mass is 460 g/mol. The maximum Gasteiger partial charge on any atom is 0.251 e. The van der Waals surface area contributed by atoms with Crippen LogP contribution in [0.4, 0.5) is 0 Å². The van der Waals surface area contributed by atoms with Crippen molar-refractivity contribution < 1.29 is 17.9 Å². The van der Waals surface area contributed by atoms with E-state index in [2.05, 4.69) is 26.9 Å². The molecule has 3 rings (SSSR count).